The first-order chi connectivity index (χ1) is 16.9. The number of rotatable bonds is 5. The number of likely N-dealkylation sites (tertiary alicyclic amines) is 1. The van der Waals surface area contributed by atoms with E-state index in [0.29, 0.717) is 34.6 Å². The molecule has 35 heavy (non-hydrogen) atoms. The quantitative estimate of drug-likeness (QED) is 0.346. The van der Waals surface area contributed by atoms with Gasteiger partial charge in [0.2, 0.25) is 0 Å². The number of benzene rings is 2. The van der Waals surface area contributed by atoms with E-state index in [1.54, 1.807) is 18.3 Å². The molecule has 2 unspecified atom stereocenters. The Bertz CT molecular complexity index is 1380. The van der Waals surface area contributed by atoms with Crippen molar-refractivity contribution < 1.29 is 9.21 Å². The number of pyridine rings is 1. The lowest BCUT2D eigenvalue weighted by Gasteiger charge is -2.40. The number of fused-ring (bicyclic) bond motifs is 1. The van der Waals surface area contributed by atoms with Gasteiger partial charge in [0, 0.05) is 35.6 Å². The zero-order valence-electron chi connectivity index (χ0n) is 20.2. The van der Waals surface area contributed by atoms with Gasteiger partial charge in [0.25, 0.3) is 11.9 Å². The highest BCUT2D eigenvalue weighted by Crippen LogP contribution is 2.31. The summed E-state index contributed by atoms with van der Waals surface area (Å²) < 4.78 is 5.84. The second kappa shape index (κ2) is 9.70. The second-order valence-corrected chi connectivity index (χ2v) is 9.87. The van der Waals surface area contributed by atoms with Crippen LogP contribution in [0.1, 0.15) is 41.4 Å². The van der Waals surface area contributed by atoms with Gasteiger partial charge in [-0.15, -0.1) is 0 Å². The molecule has 0 spiro atoms. The van der Waals surface area contributed by atoms with E-state index in [2.05, 4.69) is 28.3 Å². The van der Waals surface area contributed by atoms with Gasteiger partial charge < -0.3 is 14.6 Å². The molecule has 2 aromatic heterocycles. The average Bonchev–Trinajstić information content (AvgIpc) is 3.24. The van der Waals surface area contributed by atoms with Crippen LogP contribution in [-0.2, 0) is 0 Å². The number of nitrogens with one attached hydrogen (secondary N) is 1. The molecule has 2 aromatic carbocycles. The smallest absolute Gasteiger partial charge is 0.295 e. The molecule has 180 valence electrons. The summed E-state index contributed by atoms with van der Waals surface area (Å²) in [4.78, 5) is 24.9. The number of oxazole rings is 1. The second-order valence-electron chi connectivity index (χ2n) is 9.43. The number of carbonyl (C=O) groups is 1. The third-order valence-corrected chi connectivity index (χ3v) is 7.04. The minimum atomic E-state index is 0.0161. The number of halogens is 1. The molecule has 1 N–H and O–H groups in total. The number of aromatic nitrogens is 2. The topological polar surface area (TPSA) is 71.3 Å². The van der Waals surface area contributed by atoms with Crippen molar-refractivity contribution in [3.05, 3.63) is 76.6 Å². The third-order valence-electron chi connectivity index (χ3n) is 6.80. The first-order valence-corrected chi connectivity index (χ1v) is 12.4. The van der Waals surface area contributed by atoms with Crippen LogP contribution in [0.25, 0.3) is 22.2 Å². The summed E-state index contributed by atoms with van der Waals surface area (Å²) in [5.41, 5.74) is 6.05. The van der Waals surface area contributed by atoms with Gasteiger partial charge in [-0.3, -0.25) is 9.78 Å². The van der Waals surface area contributed by atoms with E-state index < -0.39 is 0 Å². The monoisotopic (exact) mass is 488 g/mol. The summed E-state index contributed by atoms with van der Waals surface area (Å²) in [6.07, 6.45) is 3.85. The molecule has 1 amide bonds. The fourth-order valence-electron chi connectivity index (χ4n) is 4.94. The number of carbonyl (C=O) groups excluding carboxylic acids is 1. The molecule has 5 rings (SSSR count). The van der Waals surface area contributed by atoms with Gasteiger partial charge in [-0.1, -0.05) is 36.2 Å². The molecule has 1 saturated heterocycles. The van der Waals surface area contributed by atoms with Gasteiger partial charge in [-0.2, -0.15) is 4.98 Å². The molecule has 7 heteroatoms. The lowest BCUT2D eigenvalue weighted by molar-refractivity contribution is 0.0540. The molecular formula is C28H29ClN4O2. The maximum absolute atomic E-state index is 14.0. The van der Waals surface area contributed by atoms with Crippen molar-refractivity contribution in [1.29, 1.82) is 0 Å². The Labute approximate surface area is 210 Å². The van der Waals surface area contributed by atoms with Gasteiger partial charge in [0.05, 0.1) is 6.04 Å². The summed E-state index contributed by atoms with van der Waals surface area (Å²) in [5, 5.41) is 3.95. The fourth-order valence-corrected chi connectivity index (χ4v) is 5.10. The standard InChI is InChI=1S/C28H29ClN4O2/c1-17-6-8-22(20-10-11-30-19(3)14-20)23(13-17)27(34)33-12-4-5-18(2)25(33)16-31-28-32-24-15-21(29)7-9-26(24)35-28/h6-11,13-15,18,25H,4-5,12,16H2,1-3H3,(H,31,32). The van der Waals surface area contributed by atoms with Crippen molar-refractivity contribution in [2.24, 2.45) is 5.92 Å². The molecule has 1 aliphatic heterocycles. The van der Waals surface area contributed by atoms with Gasteiger partial charge in [0.1, 0.15) is 5.52 Å². The van der Waals surface area contributed by atoms with Gasteiger partial charge >= 0.3 is 0 Å². The molecule has 0 bridgehead atoms. The van der Waals surface area contributed by atoms with Crippen molar-refractivity contribution in [3.8, 4) is 11.1 Å². The Hall–Kier alpha value is -3.38. The maximum atomic E-state index is 14.0. The van der Waals surface area contributed by atoms with Crippen molar-refractivity contribution in [1.82, 2.24) is 14.9 Å². The van der Waals surface area contributed by atoms with E-state index in [9.17, 15) is 4.79 Å². The molecule has 0 saturated carbocycles. The predicted molar refractivity (Wildman–Crippen MR) is 140 cm³/mol. The Morgan fingerprint density at radius 2 is 2.03 bits per heavy atom. The van der Waals surface area contributed by atoms with Crippen LogP contribution in [0, 0.1) is 19.8 Å². The number of anilines is 1. The average molecular weight is 489 g/mol. The highest BCUT2D eigenvalue weighted by molar-refractivity contribution is 6.31. The fraction of sp³-hybridized carbons (Fsp3) is 0.321. The predicted octanol–water partition coefficient (Wildman–Crippen LogP) is 6.51. The van der Waals surface area contributed by atoms with E-state index >= 15 is 0 Å². The van der Waals surface area contributed by atoms with Crippen molar-refractivity contribution >= 4 is 34.6 Å². The number of hydrogen-bond acceptors (Lipinski definition) is 5. The molecule has 1 fully saturated rings. The molecule has 3 heterocycles. The van der Waals surface area contributed by atoms with Crippen LogP contribution in [0.5, 0.6) is 0 Å². The largest absolute Gasteiger partial charge is 0.424 e. The summed E-state index contributed by atoms with van der Waals surface area (Å²) in [6, 6.07) is 15.9. The zero-order valence-corrected chi connectivity index (χ0v) is 21.0. The molecule has 1 aliphatic rings. The summed E-state index contributed by atoms with van der Waals surface area (Å²) in [5.74, 6) is 0.399. The normalized spacial score (nSPS) is 18.1. The molecular weight excluding hydrogens is 460 g/mol. The lowest BCUT2D eigenvalue weighted by atomic mass is 9.89. The van der Waals surface area contributed by atoms with E-state index in [4.69, 9.17) is 16.0 Å². The van der Waals surface area contributed by atoms with E-state index in [1.807, 2.05) is 49.1 Å². The van der Waals surface area contributed by atoms with Crippen LogP contribution in [0.4, 0.5) is 6.01 Å². The number of hydrogen-bond donors (Lipinski definition) is 1. The van der Waals surface area contributed by atoms with Crippen molar-refractivity contribution in [2.75, 3.05) is 18.4 Å². The van der Waals surface area contributed by atoms with Crippen LogP contribution in [0.3, 0.4) is 0 Å². The molecule has 4 aromatic rings. The lowest BCUT2D eigenvalue weighted by Crippen LogP contribution is -2.51. The number of piperidine rings is 1. The molecule has 2 atom stereocenters. The number of nitrogens with zero attached hydrogens (tertiary/aromatic N) is 3. The first-order valence-electron chi connectivity index (χ1n) is 12.0. The van der Waals surface area contributed by atoms with Crippen molar-refractivity contribution in [3.63, 3.8) is 0 Å². The van der Waals surface area contributed by atoms with Gasteiger partial charge in [-0.25, -0.2) is 0 Å². The molecule has 0 aliphatic carbocycles. The van der Waals surface area contributed by atoms with E-state index in [0.717, 1.165) is 47.3 Å². The van der Waals surface area contributed by atoms with Crippen molar-refractivity contribution in [2.45, 2.75) is 39.7 Å². The molecule has 0 radical (unpaired) electrons. The molecule has 6 nitrogen and oxygen atoms in total. The van der Waals surface area contributed by atoms with Crippen LogP contribution in [0.15, 0.2) is 59.1 Å². The minimum absolute atomic E-state index is 0.0161. The van der Waals surface area contributed by atoms with Gasteiger partial charge in [0.15, 0.2) is 5.58 Å². The van der Waals surface area contributed by atoms with Crippen LogP contribution < -0.4 is 5.32 Å². The Balaban J connectivity index is 1.42. The highest BCUT2D eigenvalue weighted by Gasteiger charge is 2.33. The highest BCUT2D eigenvalue weighted by atomic mass is 35.5. The van der Waals surface area contributed by atoms with Crippen LogP contribution in [-0.4, -0.2) is 39.9 Å². The third kappa shape index (κ3) is 4.89. The van der Waals surface area contributed by atoms with Crippen LogP contribution in [0.2, 0.25) is 5.02 Å². The van der Waals surface area contributed by atoms with Gasteiger partial charge in [-0.05, 0) is 80.1 Å². The SMILES string of the molecule is Cc1ccc(-c2ccnc(C)c2)c(C(=O)N2CCCC(C)C2CNc2nc3cc(Cl)ccc3o2)c1. The Morgan fingerprint density at radius 3 is 2.86 bits per heavy atom. The summed E-state index contributed by atoms with van der Waals surface area (Å²) in [6.45, 7) is 7.48. The summed E-state index contributed by atoms with van der Waals surface area (Å²) >= 11 is 6.09. The Kier molecular flexibility index (Phi) is 6.48. The number of aryl methyl sites for hydroxylation is 2. The van der Waals surface area contributed by atoms with Crippen LogP contribution >= 0.6 is 11.6 Å². The Morgan fingerprint density at radius 1 is 1.17 bits per heavy atom. The minimum Gasteiger partial charge on any atom is -0.424 e. The number of amides is 1. The zero-order chi connectivity index (χ0) is 24.5. The maximum Gasteiger partial charge on any atom is 0.295 e. The summed E-state index contributed by atoms with van der Waals surface area (Å²) in [7, 11) is 0. The van der Waals surface area contributed by atoms with E-state index in [-0.39, 0.29) is 11.9 Å². The van der Waals surface area contributed by atoms with E-state index in [1.165, 1.54) is 0 Å². The first kappa shape index (κ1) is 23.4.